The first-order chi connectivity index (χ1) is 21.2. The lowest BCUT2D eigenvalue weighted by atomic mass is 9.99. The van der Waals surface area contributed by atoms with E-state index in [1.54, 1.807) is 36.7 Å². The Bertz CT molecular complexity index is 1940. The molecule has 0 unspecified atom stereocenters. The molecule has 2 aromatic heterocycles. The maximum absolute atomic E-state index is 14.5. The van der Waals surface area contributed by atoms with Crippen molar-refractivity contribution in [2.24, 2.45) is 4.99 Å². The van der Waals surface area contributed by atoms with Crippen molar-refractivity contribution in [3.63, 3.8) is 0 Å². The van der Waals surface area contributed by atoms with Crippen LogP contribution in [0.5, 0.6) is 0 Å². The highest BCUT2D eigenvalue weighted by Crippen LogP contribution is 2.36. The van der Waals surface area contributed by atoms with E-state index in [1.165, 1.54) is 16.7 Å². The first-order valence-electron chi connectivity index (χ1n) is 14.4. The van der Waals surface area contributed by atoms with Gasteiger partial charge >= 0.3 is 6.18 Å². The molecule has 2 aliphatic rings. The molecule has 1 fully saturated rings. The summed E-state index contributed by atoms with van der Waals surface area (Å²) in [4.78, 5) is 26.8. The second-order valence-electron chi connectivity index (χ2n) is 11.2. The number of benzene rings is 2. The molecule has 0 amide bonds. The minimum absolute atomic E-state index is 0.153. The van der Waals surface area contributed by atoms with E-state index in [1.807, 2.05) is 36.2 Å². The zero-order valence-electron chi connectivity index (χ0n) is 24.4. The highest BCUT2D eigenvalue weighted by Gasteiger charge is 2.34. The molecule has 0 spiro atoms. The third kappa shape index (κ3) is 5.68. The number of halogens is 3. The number of allylic oxidation sites excluding steroid dienone is 5. The van der Waals surface area contributed by atoms with Gasteiger partial charge in [-0.25, -0.2) is 0 Å². The Labute approximate surface area is 253 Å². The molecular weight excluding hydrogens is 563 g/mol. The molecule has 0 radical (unpaired) electrons. The summed E-state index contributed by atoms with van der Waals surface area (Å²) in [5.74, 6) is 0. The number of aromatic nitrogens is 2. The zero-order valence-corrected chi connectivity index (χ0v) is 24.4. The van der Waals surface area contributed by atoms with E-state index in [4.69, 9.17) is 0 Å². The van der Waals surface area contributed by atoms with Crippen LogP contribution >= 0.6 is 0 Å². The summed E-state index contributed by atoms with van der Waals surface area (Å²) in [6.07, 6.45) is 4.86. The minimum Gasteiger partial charge on any atom is -0.304 e. The fourth-order valence-electron chi connectivity index (χ4n) is 5.87. The van der Waals surface area contributed by atoms with Gasteiger partial charge in [0.2, 0.25) is 0 Å². The van der Waals surface area contributed by atoms with Gasteiger partial charge in [-0.2, -0.15) is 13.2 Å². The number of hydrogen-bond donors (Lipinski definition) is 0. The number of hydrogen-bond acceptors (Lipinski definition) is 5. The molecular formula is C35H32F3N5O. The summed E-state index contributed by atoms with van der Waals surface area (Å²) < 4.78 is 44.8. The summed E-state index contributed by atoms with van der Waals surface area (Å²) >= 11 is 0. The van der Waals surface area contributed by atoms with Crippen molar-refractivity contribution in [2.75, 3.05) is 33.2 Å². The van der Waals surface area contributed by atoms with Crippen LogP contribution in [0.1, 0.15) is 23.1 Å². The van der Waals surface area contributed by atoms with Crippen LogP contribution in [0.2, 0.25) is 0 Å². The Morgan fingerprint density at radius 2 is 1.77 bits per heavy atom. The first-order valence-corrected chi connectivity index (χ1v) is 14.4. The zero-order chi connectivity index (χ0) is 31.0. The number of piperazine rings is 1. The smallest absolute Gasteiger partial charge is 0.304 e. The predicted octanol–water partition coefficient (Wildman–Crippen LogP) is 6.79. The summed E-state index contributed by atoms with van der Waals surface area (Å²) in [7, 11) is 2.01. The Morgan fingerprint density at radius 3 is 2.50 bits per heavy atom. The molecule has 4 aromatic rings. The van der Waals surface area contributed by atoms with Crippen molar-refractivity contribution >= 4 is 33.1 Å². The van der Waals surface area contributed by atoms with Gasteiger partial charge < -0.3 is 4.90 Å². The fourth-order valence-corrected chi connectivity index (χ4v) is 5.87. The Morgan fingerprint density at radius 1 is 0.977 bits per heavy atom. The molecule has 0 atom stereocenters. The lowest BCUT2D eigenvalue weighted by molar-refractivity contribution is -0.138. The SMILES string of the molecule is C=CC1=CCC(c2ccc3ncc4ccc(=O)n(-c5ccc(CN6CCN(C)CC6)c(C(F)(F)F)c5)c4c3c2)=CN=C1C=C. The van der Waals surface area contributed by atoms with Crippen LogP contribution in [0.15, 0.2) is 108 Å². The molecule has 1 saturated heterocycles. The monoisotopic (exact) mass is 595 g/mol. The van der Waals surface area contributed by atoms with E-state index in [9.17, 15) is 18.0 Å². The summed E-state index contributed by atoms with van der Waals surface area (Å²) in [5.41, 5.74) is 3.69. The van der Waals surface area contributed by atoms with Crippen molar-refractivity contribution in [1.82, 2.24) is 19.4 Å². The van der Waals surface area contributed by atoms with Gasteiger partial charge in [0, 0.05) is 67.6 Å². The van der Waals surface area contributed by atoms with E-state index in [0.717, 1.165) is 35.9 Å². The van der Waals surface area contributed by atoms with Crippen molar-refractivity contribution in [1.29, 1.82) is 0 Å². The molecule has 6 nitrogen and oxygen atoms in total. The molecule has 0 aliphatic carbocycles. The van der Waals surface area contributed by atoms with E-state index in [2.05, 4.69) is 28.0 Å². The van der Waals surface area contributed by atoms with Crippen LogP contribution in [0.3, 0.4) is 0 Å². The van der Waals surface area contributed by atoms with E-state index in [-0.39, 0.29) is 17.8 Å². The molecule has 2 aliphatic heterocycles. The maximum atomic E-state index is 14.5. The molecule has 9 heteroatoms. The molecule has 0 N–H and O–H groups in total. The third-order valence-electron chi connectivity index (χ3n) is 8.35. The van der Waals surface area contributed by atoms with Gasteiger partial charge in [0.1, 0.15) is 0 Å². The number of rotatable bonds is 6. The van der Waals surface area contributed by atoms with Gasteiger partial charge in [0.05, 0.1) is 22.3 Å². The average molecular weight is 596 g/mol. The number of pyridine rings is 2. The van der Waals surface area contributed by atoms with Crippen LogP contribution in [-0.2, 0) is 12.7 Å². The molecule has 0 bridgehead atoms. The van der Waals surface area contributed by atoms with E-state index >= 15 is 0 Å². The second-order valence-corrected chi connectivity index (χ2v) is 11.2. The van der Waals surface area contributed by atoms with Crippen molar-refractivity contribution in [3.05, 3.63) is 125 Å². The standard InChI is InChI=1S/C35H32F3N5O/c1-4-23-6-7-25(20-39-31(23)5-2)24-9-12-32-29(18-24)34-26(21-40-32)10-13-33(44)43(34)28-11-8-27(30(19-28)35(36,37)38)22-42-16-14-41(3)15-17-42/h4-6,8-13,18-21H,1-2,7,14-17,22H2,3H3. The van der Waals surface area contributed by atoms with E-state index in [0.29, 0.717) is 47.0 Å². The topological polar surface area (TPSA) is 53.7 Å². The van der Waals surface area contributed by atoms with Gasteiger partial charge in [0.15, 0.2) is 0 Å². The first kappa shape index (κ1) is 29.5. The van der Waals surface area contributed by atoms with Crippen LogP contribution in [0.4, 0.5) is 13.2 Å². The predicted molar refractivity (Wildman–Crippen MR) is 171 cm³/mol. The molecule has 224 valence electrons. The molecule has 6 rings (SSSR count). The maximum Gasteiger partial charge on any atom is 0.416 e. The van der Waals surface area contributed by atoms with Gasteiger partial charge in [-0.05, 0) is 72.1 Å². The quantitative estimate of drug-likeness (QED) is 0.231. The Balaban J connectivity index is 1.50. The van der Waals surface area contributed by atoms with Crippen molar-refractivity contribution in [2.45, 2.75) is 19.1 Å². The lowest BCUT2D eigenvalue weighted by Gasteiger charge is -2.33. The number of aliphatic imine (C=N–C) groups is 1. The Kier molecular flexibility index (Phi) is 7.92. The molecule has 4 heterocycles. The Hall–Kier alpha value is -4.60. The molecule has 44 heavy (non-hydrogen) atoms. The third-order valence-corrected chi connectivity index (χ3v) is 8.35. The molecule has 2 aromatic carbocycles. The number of fused-ring (bicyclic) bond motifs is 3. The van der Waals surface area contributed by atoms with Gasteiger partial charge in [-0.1, -0.05) is 37.4 Å². The number of nitrogens with zero attached hydrogens (tertiary/aromatic N) is 5. The average Bonchev–Trinajstić information content (AvgIpc) is 3.24. The summed E-state index contributed by atoms with van der Waals surface area (Å²) in [5, 5.41) is 1.29. The van der Waals surface area contributed by atoms with Gasteiger partial charge in [-0.3, -0.25) is 24.2 Å². The highest BCUT2D eigenvalue weighted by atomic mass is 19.4. The second kappa shape index (κ2) is 11.8. The van der Waals surface area contributed by atoms with Crippen molar-refractivity contribution < 1.29 is 13.2 Å². The summed E-state index contributed by atoms with van der Waals surface area (Å²) in [6.45, 7) is 10.9. The largest absolute Gasteiger partial charge is 0.416 e. The molecule has 0 saturated carbocycles. The van der Waals surface area contributed by atoms with Crippen molar-refractivity contribution in [3.8, 4) is 5.69 Å². The van der Waals surface area contributed by atoms with Crippen LogP contribution < -0.4 is 5.56 Å². The number of alkyl halides is 3. The summed E-state index contributed by atoms with van der Waals surface area (Å²) in [6, 6.07) is 13.0. The van der Waals surface area contributed by atoms with Gasteiger partial charge in [-0.15, -0.1) is 0 Å². The van der Waals surface area contributed by atoms with Gasteiger partial charge in [0.25, 0.3) is 5.56 Å². The van der Waals surface area contributed by atoms with Crippen LogP contribution in [0.25, 0.3) is 33.1 Å². The lowest BCUT2D eigenvalue weighted by Crippen LogP contribution is -2.44. The fraction of sp³-hybridized carbons (Fsp3) is 0.229. The van der Waals surface area contributed by atoms with Crippen LogP contribution in [0, 0.1) is 0 Å². The highest BCUT2D eigenvalue weighted by molar-refractivity contribution is 6.11. The van der Waals surface area contributed by atoms with Crippen LogP contribution in [-0.4, -0.2) is 58.3 Å². The van der Waals surface area contributed by atoms with E-state index < -0.39 is 17.3 Å². The number of likely N-dealkylation sites (N-methyl/N-ethyl adjacent to an activating group) is 1. The normalized spacial score (nSPS) is 16.8. The minimum atomic E-state index is -4.59.